The van der Waals surface area contributed by atoms with Gasteiger partial charge in [0.2, 0.25) is 10.0 Å². The lowest BCUT2D eigenvalue weighted by Gasteiger charge is -2.30. The minimum atomic E-state index is -3.34. The lowest BCUT2D eigenvalue weighted by Crippen LogP contribution is -2.19. The van der Waals surface area contributed by atoms with E-state index in [2.05, 4.69) is 38.5 Å². The maximum atomic E-state index is 12.1. The molecule has 1 aromatic heterocycles. The molecule has 0 spiro atoms. The summed E-state index contributed by atoms with van der Waals surface area (Å²) in [5.74, 6) is 0.0998. The highest BCUT2D eigenvalue weighted by Gasteiger charge is 2.28. The first kappa shape index (κ1) is 21.8. The molecule has 0 radical (unpaired) electrons. The summed E-state index contributed by atoms with van der Waals surface area (Å²) in [5.41, 5.74) is 5.49. The molecular weight excluding hydrogens is 432 g/mol. The molecule has 3 aromatic rings. The molecule has 2 fully saturated rings. The Morgan fingerprint density at radius 2 is 1.79 bits per heavy atom. The lowest BCUT2D eigenvalue weighted by atomic mass is 9.92. The minimum Gasteiger partial charge on any atom is -0.371 e. The van der Waals surface area contributed by atoms with Gasteiger partial charge >= 0.3 is 0 Å². The molecule has 2 heterocycles. The van der Waals surface area contributed by atoms with Crippen molar-refractivity contribution in [1.29, 1.82) is 5.26 Å². The second-order valence-electron chi connectivity index (χ2n) is 9.18. The van der Waals surface area contributed by atoms with Gasteiger partial charge in [-0.25, -0.2) is 8.42 Å². The molecule has 1 aliphatic carbocycles. The van der Waals surface area contributed by atoms with E-state index in [1.54, 1.807) is 12.1 Å². The molecule has 172 valence electrons. The van der Waals surface area contributed by atoms with Crippen LogP contribution in [0.2, 0.25) is 0 Å². The number of rotatable bonds is 7. The normalized spacial score (nSPS) is 16.7. The second kappa shape index (κ2) is 8.75. The van der Waals surface area contributed by atoms with Gasteiger partial charge < -0.3 is 9.47 Å². The van der Waals surface area contributed by atoms with Crippen LogP contribution in [-0.4, -0.2) is 31.8 Å². The standard InChI is InChI=1S/C26H30N4O2S/c1-2-16-33(31,32)28-20-10-8-19(9-11-20)26-24(18-27)23-13-12-22(29-14-3-4-15-29)17-25(23)30(26)21-6-5-7-21/h8-13,17,21,28H,2-7,14-16H2,1H3. The first-order valence-corrected chi connectivity index (χ1v) is 13.6. The molecule has 7 heteroatoms. The van der Waals surface area contributed by atoms with Crippen LogP contribution in [0.15, 0.2) is 42.5 Å². The highest BCUT2D eigenvalue weighted by Crippen LogP contribution is 2.43. The SMILES string of the molecule is CCCS(=O)(=O)Nc1ccc(-c2c(C#N)c3ccc(N4CCCC4)cc3n2C2CCC2)cc1. The van der Waals surface area contributed by atoms with Crippen molar-refractivity contribution >= 4 is 32.3 Å². The van der Waals surface area contributed by atoms with Gasteiger partial charge in [-0.2, -0.15) is 5.26 Å². The van der Waals surface area contributed by atoms with E-state index in [0.29, 0.717) is 23.7 Å². The molecule has 0 bridgehead atoms. The van der Waals surface area contributed by atoms with Crippen LogP contribution in [0, 0.1) is 11.3 Å². The van der Waals surface area contributed by atoms with E-state index in [4.69, 9.17) is 0 Å². The van der Waals surface area contributed by atoms with Crippen molar-refractivity contribution in [3.05, 3.63) is 48.0 Å². The molecule has 2 aliphatic rings. The number of nitriles is 1. The molecule has 6 nitrogen and oxygen atoms in total. The molecule has 33 heavy (non-hydrogen) atoms. The first-order chi connectivity index (χ1) is 16.0. The number of nitrogens with zero attached hydrogens (tertiary/aromatic N) is 3. The fourth-order valence-corrected chi connectivity index (χ4v) is 6.22. The van der Waals surface area contributed by atoms with Crippen LogP contribution in [0.1, 0.15) is 57.1 Å². The molecule has 2 aromatic carbocycles. The third-order valence-electron chi connectivity index (χ3n) is 6.92. The van der Waals surface area contributed by atoms with Crippen LogP contribution in [-0.2, 0) is 10.0 Å². The van der Waals surface area contributed by atoms with Gasteiger partial charge in [0.15, 0.2) is 0 Å². The molecule has 1 saturated heterocycles. The van der Waals surface area contributed by atoms with E-state index >= 15 is 0 Å². The van der Waals surface area contributed by atoms with Gasteiger partial charge in [0.1, 0.15) is 6.07 Å². The highest BCUT2D eigenvalue weighted by atomic mass is 32.2. The summed E-state index contributed by atoms with van der Waals surface area (Å²) in [6, 6.07) is 16.8. The number of fused-ring (bicyclic) bond motifs is 1. The van der Waals surface area contributed by atoms with Crippen LogP contribution in [0.4, 0.5) is 11.4 Å². The minimum absolute atomic E-state index is 0.0998. The van der Waals surface area contributed by atoms with Crippen LogP contribution in [0.5, 0.6) is 0 Å². The van der Waals surface area contributed by atoms with Gasteiger partial charge in [-0.3, -0.25) is 4.72 Å². The zero-order valence-corrected chi connectivity index (χ0v) is 19.9. The average molecular weight is 463 g/mol. The summed E-state index contributed by atoms with van der Waals surface area (Å²) in [7, 11) is -3.34. The van der Waals surface area contributed by atoms with E-state index in [1.165, 1.54) is 24.9 Å². The monoisotopic (exact) mass is 462 g/mol. The fraction of sp³-hybridized carbons (Fsp3) is 0.423. The first-order valence-electron chi connectivity index (χ1n) is 11.9. The number of aromatic nitrogens is 1. The second-order valence-corrected chi connectivity index (χ2v) is 11.0. The Morgan fingerprint density at radius 3 is 2.39 bits per heavy atom. The Morgan fingerprint density at radius 1 is 1.06 bits per heavy atom. The Kier molecular flexibility index (Phi) is 5.79. The maximum Gasteiger partial charge on any atom is 0.232 e. The molecule has 5 rings (SSSR count). The zero-order chi connectivity index (χ0) is 23.0. The largest absolute Gasteiger partial charge is 0.371 e. The third kappa shape index (κ3) is 4.08. The summed E-state index contributed by atoms with van der Waals surface area (Å²) >= 11 is 0. The van der Waals surface area contributed by atoms with Gasteiger partial charge in [-0.05, 0) is 74.4 Å². The summed E-state index contributed by atoms with van der Waals surface area (Å²) in [6.07, 6.45) is 6.46. The molecule has 0 amide bonds. The van der Waals surface area contributed by atoms with E-state index in [-0.39, 0.29) is 5.75 Å². The third-order valence-corrected chi connectivity index (χ3v) is 8.41. The Labute approximate surface area is 195 Å². The summed E-state index contributed by atoms with van der Waals surface area (Å²) in [5, 5.41) is 11.1. The van der Waals surface area contributed by atoms with Gasteiger partial charge in [0.25, 0.3) is 0 Å². The van der Waals surface area contributed by atoms with Crippen molar-refractivity contribution in [2.24, 2.45) is 0 Å². The Bertz CT molecular complexity index is 1310. The molecule has 1 saturated carbocycles. The van der Waals surface area contributed by atoms with Gasteiger partial charge in [-0.1, -0.05) is 19.1 Å². The van der Waals surface area contributed by atoms with Crippen LogP contribution >= 0.6 is 0 Å². The van der Waals surface area contributed by atoms with Crippen molar-refractivity contribution in [1.82, 2.24) is 4.57 Å². The number of anilines is 2. The van der Waals surface area contributed by atoms with Crippen LogP contribution in [0.25, 0.3) is 22.2 Å². The predicted molar refractivity (Wildman–Crippen MR) is 134 cm³/mol. The lowest BCUT2D eigenvalue weighted by molar-refractivity contribution is 0.324. The van der Waals surface area contributed by atoms with E-state index < -0.39 is 10.0 Å². The zero-order valence-electron chi connectivity index (χ0n) is 19.0. The highest BCUT2D eigenvalue weighted by molar-refractivity contribution is 7.92. The van der Waals surface area contributed by atoms with Gasteiger partial charge in [0.05, 0.1) is 22.5 Å². The summed E-state index contributed by atoms with van der Waals surface area (Å²) < 4.78 is 29.3. The number of sulfonamides is 1. The van der Waals surface area contributed by atoms with E-state index in [1.807, 2.05) is 19.1 Å². The number of hydrogen-bond donors (Lipinski definition) is 1. The topological polar surface area (TPSA) is 78.1 Å². The van der Waals surface area contributed by atoms with Crippen molar-refractivity contribution in [2.45, 2.75) is 51.5 Å². The summed E-state index contributed by atoms with van der Waals surface area (Å²) in [4.78, 5) is 2.43. The molecule has 0 atom stereocenters. The predicted octanol–water partition coefficient (Wildman–Crippen LogP) is 5.66. The molecule has 1 N–H and O–H groups in total. The van der Waals surface area contributed by atoms with E-state index in [9.17, 15) is 13.7 Å². The fourth-order valence-electron chi connectivity index (χ4n) is 5.09. The van der Waals surface area contributed by atoms with Crippen LogP contribution in [0.3, 0.4) is 0 Å². The summed E-state index contributed by atoms with van der Waals surface area (Å²) in [6.45, 7) is 4.02. The van der Waals surface area contributed by atoms with Crippen LogP contribution < -0.4 is 9.62 Å². The smallest absolute Gasteiger partial charge is 0.232 e. The van der Waals surface area contributed by atoms with Gasteiger partial charge in [0, 0.05) is 35.9 Å². The number of benzene rings is 2. The Balaban J connectivity index is 1.60. The molecule has 1 aliphatic heterocycles. The Hall–Kier alpha value is -2.98. The van der Waals surface area contributed by atoms with Crippen molar-refractivity contribution in [3.8, 4) is 17.3 Å². The van der Waals surface area contributed by atoms with Gasteiger partial charge in [-0.15, -0.1) is 0 Å². The average Bonchev–Trinajstić information content (AvgIpc) is 3.39. The number of hydrogen-bond acceptors (Lipinski definition) is 4. The van der Waals surface area contributed by atoms with E-state index in [0.717, 1.165) is 48.1 Å². The van der Waals surface area contributed by atoms with Crippen molar-refractivity contribution < 1.29 is 8.42 Å². The molecule has 0 unspecified atom stereocenters. The quantitative estimate of drug-likeness (QED) is 0.492. The number of nitrogens with one attached hydrogen (secondary N) is 1. The maximum absolute atomic E-state index is 12.1. The van der Waals surface area contributed by atoms with Crippen molar-refractivity contribution in [3.63, 3.8) is 0 Å². The van der Waals surface area contributed by atoms with Crippen molar-refractivity contribution in [2.75, 3.05) is 28.5 Å². The molecular formula is C26H30N4O2S.